The van der Waals surface area contributed by atoms with E-state index in [4.69, 9.17) is 0 Å². The van der Waals surface area contributed by atoms with E-state index >= 15 is 0 Å². The van der Waals surface area contributed by atoms with Crippen LogP contribution < -0.4 is 10.6 Å². The van der Waals surface area contributed by atoms with Gasteiger partial charge in [0, 0.05) is 18.2 Å². The average molecular weight is 262 g/mol. The Balaban J connectivity index is 2.08. The standard InChI is InChI=1S/C15H26N4/c1-5-16-14-12(4)15(18-9-17-14)19-13-7-10(2)6-11(3)8-13/h9-11,13H,5-8H2,1-4H3,(H2,16,17,18,19). The lowest BCUT2D eigenvalue weighted by Crippen LogP contribution is -2.30. The Bertz CT molecular complexity index is 409. The third kappa shape index (κ3) is 3.58. The van der Waals surface area contributed by atoms with Crippen molar-refractivity contribution in [3.05, 3.63) is 11.9 Å². The van der Waals surface area contributed by atoms with Crippen molar-refractivity contribution in [2.45, 2.75) is 53.0 Å². The zero-order valence-corrected chi connectivity index (χ0v) is 12.5. The lowest BCUT2D eigenvalue weighted by Gasteiger charge is -2.32. The van der Waals surface area contributed by atoms with Crippen molar-refractivity contribution in [1.82, 2.24) is 9.97 Å². The van der Waals surface area contributed by atoms with Gasteiger partial charge in [0.15, 0.2) is 0 Å². The van der Waals surface area contributed by atoms with Gasteiger partial charge < -0.3 is 10.6 Å². The van der Waals surface area contributed by atoms with Crippen molar-refractivity contribution in [1.29, 1.82) is 0 Å². The van der Waals surface area contributed by atoms with Crippen LogP contribution in [-0.2, 0) is 0 Å². The van der Waals surface area contributed by atoms with Crippen LogP contribution in [0.4, 0.5) is 11.6 Å². The van der Waals surface area contributed by atoms with Crippen LogP contribution in [0, 0.1) is 18.8 Å². The van der Waals surface area contributed by atoms with E-state index in [0.29, 0.717) is 6.04 Å². The summed E-state index contributed by atoms with van der Waals surface area (Å²) in [6.07, 6.45) is 5.47. The normalized spacial score (nSPS) is 27.1. The number of aromatic nitrogens is 2. The minimum atomic E-state index is 0.543. The highest BCUT2D eigenvalue weighted by Crippen LogP contribution is 2.31. The number of rotatable bonds is 4. The quantitative estimate of drug-likeness (QED) is 0.872. The van der Waals surface area contributed by atoms with Crippen LogP contribution in [0.5, 0.6) is 0 Å². The molecule has 2 atom stereocenters. The minimum Gasteiger partial charge on any atom is -0.370 e. The van der Waals surface area contributed by atoms with Gasteiger partial charge >= 0.3 is 0 Å². The van der Waals surface area contributed by atoms with Gasteiger partial charge in [-0.25, -0.2) is 9.97 Å². The second-order valence-corrected chi connectivity index (χ2v) is 5.98. The Morgan fingerprint density at radius 2 is 1.74 bits per heavy atom. The molecule has 0 aromatic carbocycles. The second-order valence-electron chi connectivity index (χ2n) is 5.98. The molecule has 0 radical (unpaired) electrons. The maximum absolute atomic E-state index is 4.40. The molecule has 0 aliphatic heterocycles. The summed E-state index contributed by atoms with van der Waals surface area (Å²) in [6, 6.07) is 0.543. The van der Waals surface area contributed by atoms with Crippen LogP contribution >= 0.6 is 0 Å². The SMILES string of the molecule is CCNc1ncnc(NC2CC(C)CC(C)C2)c1C. The zero-order chi connectivity index (χ0) is 13.8. The van der Waals surface area contributed by atoms with Crippen LogP contribution in [0.15, 0.2) is 6.33 Å². The molecule has 2 rings (SSSR count). The molecule has 1 aromatic heterocycles. The number of nitrogens with one attached hydrogen (secondary N) is 2. The molecule has 4 heteroatoms. The van der Waals surface area contributed by atoms with Crippen LogP contribution in [-0.4, -0.2) is 22.6 Å². The highest BCUT2D eigenvalue weighted by atomic mass is 15.1. The molecular formula is C15H26N4. The smallest absolute Gasteiger partial charge is 0.134 e. The number of hydrogen-bond donors (Lipinski definition) is 2. The van der Waals surface area contributed by atoms with Crippen LogP contribution in [0.1, 0.15) is 45.6 Å². The van der Waals surface area contributed by atoms with Gasteiger partial charge in [0.05, 0.1) is 0 Å². The van der Waals surface area contributed by atoms with Crippen molar-refractivity contribution in [2.75, 3.05) is 17.2 Å². The van der Waals surface area contributed by atoms with Crippen LogP contribution in [0.2, 0.25) is 0 Å². The summed E-state index contributed by atoms with van der Waals surface area (Å²) < 4.78 is 0. The lowest BCUT2D eigenvalue weighted by molar-refractivity contribution is 0.280. The van der Waals surface area contributed by atoms with E-state index < -0.39 is 0 Å². The Kier molecular flexibility index (Phi) is 4.61. The first-order valence-electron chi connectivity index (χ1n) is 7.42. The fraction of sp³-hybridized carbons (Fsp3) is 0.733. The summed E-state index contributed by atoms with van der Waals surface area (Å²) in [5, 5.41) is 6.90. The molecule has 2 N–H and O–H groups in total. The first kappa shape index (κ1) is 14.1. The second kappa shape index (κ2) is 6.22. The van der Waals surface area contributed by atoms with Crippen molar-refractivity contribution < 1.29 is 0 Å². The number of anilines is 2. The molecule has 19 heavy (non-hydrogen) atoms. The van der Waals surface area contributed by atoms with E-state index in [2.05, 4.69) is 48.3 Å². The van der Waals surface area contributed by atoms with Gasteiger partial charge in [-0.05, 0) is 44.9 Å². The van der Waals surface area contributed by atoms with Crippen molar-refractivity contribution in [2.24, 2.45) is 11.8 Å². The largest absolute Gasteiger partial charge is 0.370 e. The molecule has 1 aliphatic carbocycles. The van der Waals surface area contributed by atoms with E-state index in [1.165, 1.54) is 19.3 Å². The average Bonchev–Trinajstić information content (AvgIpc) is 2.33. The predicted octanol–water partition coefficient (Wildman–Crippen LogP) is 3.45. The molecule has 1 heterocycles. The molecule has 106 valence electrons. The molecule has 0 spiro atoms. The molecule has 2 unspecified atom stereocenters. The number of nitrogens with zero attached hydrogens (tertiary/aromatic N) is 2. The summed E-state index contributed by atoms with van der Waals surface area (Å²) in [7, 11) is 0. The molecule has 4 nitrogen and oxygen atoms in total. The summed E-state index contributed by atoms with van der Waals surface area (Å²) in [5.41, 5.74) is 1.12. The molecule has 1 fully saturated rings. The van der Waals surface area contributed by atoms with Crippen molar-refractivity contribution >= 4 is 11.6 Å². The van der Waals surface area contributed by atoms with Gasteiger partial charge in [0.1, 0.15) is 18.0 Å². The molecule has 1 aromatic rings. The fourth-order valence-corrected chi connectivity index (χ4v) is 3.20. The van der Waals surface area contributed by atoms with Gasteiger partial charge in [-0.1, -0.05) is 13.8 Å². The van der Waals surface area contributed by atoms with Crippen LogP contribution in [0.3, 0.4) is 0 Å². The van der Waals surface area contributed by atoms with Gasteiger partial charge in [0.25, 0.3) is 0 Å². The van der Waals surface area contributed by atoms with Gasteiger partial charge in [-0.3, -0.25) is 0 Å². The fourth-order valence-electron chi connectivity index (χ4n) is 3.20. The predicted molar refractivity (Wildman–Crippen MR) is 80.5 cm³/mol. The maximum Gasteiger partial charge on any atom is 0.134 e. The molecule has 1 aliphatic rings. The maximum atomic E-state index is 4.40. The van der Waals surface area contributed by atoms with Gasteiger partial charge in [0.2, 0.25) is 0 Å². The molecule has 0 saturated heterocycles. The summed E-state index contributed by atoms with van der Waals surface area (Å²) >= 11 is 0. The van der Waals surface area contributed by atoms with Gasteiger partial charge in [-0.2, -0.15) is 0 Å². The third-order valence-electron chi connectivity index (χ3n) is 3.95. The molecule has 1 saturated carbocycles. The Morgan fingerprint density at radius 1 is 1.11 bits per heavy atom. The first-order chi connectivity index (χ1) is 9.10. The highest BCUT2D eigenvalue weighted by molar-refractivity contribution is 5.56. The van der Waals surface area contributed by atoms with Crippen molar-refractivity contribution in [3.63, 3.8) is 0 Å². The molecule has 0 amide bonds. The zero-order valence-electron chi connectivity index (χ0n) is 12.5. The van der Waals surface area contributed by atoms with E-state index in [1.807, 2.05) is 0 Å². The van der Waals surface area contributed by atoms with E-state index in [-0.39, 0.29) is 0 Å². The Morgan fingerprint density at radius 3 is 2.37 bits per heavy atom. The Hall–Kier alpha value is -1.32. The molecule has 0 bridgehead atoms. The minimum absolute atomic E-state index is 0.543. The topological polar surface area (TPSA) is 49.8 Å². The monoisotopic (exact) mass is 262 g/mol. The van der Waals surface area contributed by atoms with E-state index in [1.54, 1.807) is 6.33 Å². The highest BCUT2D eigenvalue weighted by Gasteiger charge is 2.24. The summed E-state index contributed by atoms with van der Waals surface area (Å²) in [5.74, 6) is 3.53. The Labute approximate surface area is 116 Å². The molecular weight excluding hydrogens is 236 g/mol. The third-order valence-corrected chi connectivity index (χ3v) is 3.95. The van der Waals surface area contributed by atoms with Crippen molar-refractivity contribution in [3.8, 4) is 0 Å². The summed E-state index contributed by atoms with van der Waals surface area (Å²) in [6.45, 7) is 9.74. The summed E-state index contributed by atoms with van der Waals surface area (Å²) in [4.78, 5) is 8.69. The van der Waals surface area contributed by atoms with Gasteiger partial charge in [-0.15, -0.1) is 0 Å². The lowest BCUT2D eigenvalue weighted by atomic mass is 9.80. The number of hydrogen-bond acceptors (Lipinski definition) is 4. The van der Waals surface area contributed by atoms with E-state index in [9.17, 15) is 0 Å². The first-order valence-corrected chi connectivity index (χ1v) is 7.42. The van der Waals surface area contributed by atoms with E-state index in [0.717, 1.165) is 35.6 Å². The van der Waals surface area contributed by atoms with Crippen LogP contribution in [0.25, 0.3) is 0 Å².